The predicted molar refractivity (Wildman–Crippen MR) is 79.9 cm³/mol. The Balaban J connectivity index is 2.06. The van der Waals surface area contributed by atoms with E-state index in [1.807, 2.05) is 31.2 Å². The van der Waals surface area contributed by atoms with E-state index in [2.05, 4.69) is 5.32 Å². The number of nitrogens with one attached hydrogen (secondary N) is 1. The van der Waals surface area contributed by atoms with Gasteiger partial charge in [-0.2, -0.15) is 0 Å². The van der Waals surface area contributed by atoms with E-state index < -0.39 is 5.54 Å². The first-order chi connectivity index (χ1) is 10.2. The Morgan fingerprint density at radius 1 is 1.29 bits per heavy atom. The maximum Gasteiger partial charge on any atom is 0.125 e. The molecular weight excluding hydrogens is 269 g/mol. The van der Waals surface area contributed by atoms with E-state index in [9.17, 15) is 9.50 Å². The van der Waals surface area contributed by atoms with Gasteiger partial charge in [0.15, 0.2) is 0 Å². The van der Waals surface area contributed by atoms with Gasteiger partial charge in [0.25, 0.3) is 0 Å². The summed E-state index contributed by atoms with van der Waals surface area (Å²) >= 11 is 0. The van der Waals surface area contributed by atoms with Gasteiger partial charge < -0.3 is 15.2 Å². The molecule has 110 valence electrons. The van der Waals surface area contributed by atoms with Crippen LogP contribution in [0.25, 0.3) is 0 Å². The summed E-state index contributed by atoms with van der Waals surface area (Å²) in [7, 11) is 0. The first kappa shape index (κ1) is 13.9. The molecule has 0 amide bonds. The summed E-state index contributed by atoms with van der Waals surface area (Å²) in [6, 6.07) is 13.9. The van der Waals surface area contributed by atoms with Crippen molar-refractivity contribution >= 4 is 5.69 Å². The summed E-state index contributed by atoms with van der Waals surface area (Å²) in [5.41, 5.74) is 0.867. The van der Waals surface area contributed by atoms with Crippen molar-refractivity contribution in [3.63, 3.8) is 0 Å². The molecule has 2 aromatic carbocycles. The van der Waals surface area contributed by atoms with Crippen LogP contribution in [-0.2, 0) is 5.54 Å². The van der Waals surface area contributed by atoms with Crippen LogP contribution in [0, 0.1) is 11.7 Å². The minimum Gasteiger partial charge on any atom is -0.493 e. The third-order valence-electron chi connectivity index (χ3n) is 4.14. The largest absolute Gasteiger partial charge is 0.493 e. The molecule has 3 nitrogen and oxygen atoms in total. The minimum atomic E-state index is -0.678. The summed E-state index contributed by atoms with van der Waals surface area (Å²) in [5, 5.41) is 13.4. The lowest BCUT2D eigenvalue weighted by Gasteiger charge is -2.43. The standard InChI is InChI=1S/C17H18FNO2/c1-12-10-21-16-8-3-2-7-15(16)17(12,11-20)19-14-6-4-5-13(18)9-14/h2-9,12,19-20H,10-11H2,1H3. The highest BCUT2D eigenvalue weighted by Gasteiger charge is 2.43. The molecule has 2 N–H and O–H groups in total. The second kappa shape index (κ2) is 5.37. The summed E-state index contributed by atoms with van der Waals surface area (Å²) in [5.74, 6) is 0.496. The van der Waals surface area contributed by atoms with Crippen LogP contribution >= 0.6 is 0 Å². The Morgan fingerprint density at radius 3 is 2.86 bits per heavy atom. The topological polar surface area (TPSA) is 41.5 Å². The van der Waals surface area contributed by atoms with Gasteiger partial charge in [-0.3, -0.25) is 0 Å². The molecule has 0 radical (unpaired) electrons. The number of aliphatic hydroxyl groups is 1. The van der Waals surface area contributed by atoms with Gasteiger partial charge in [0.1, 0.15) is 11.6 Å². The van der Waals surface area contributed by atoms with E-state index in [0.717, 1.165) is 11.3 Å². The van der Waals surface area contributed by atoms with E-state index in [0.29, 0.717) is 12.3 Å². The third-order valence-corrected chi connectivity index (χ3v) is 4.14. The van der Waals surface area contributed by atoms with E-state index in [-0.39, 0.29) is 18.3 Å². The van der Waals surface area contributed by atoms with Gasteiger partial charge in [0.2, 0.25) is 0 Å². The zero-order valence-electron chi connectivity index (χ0n) is 11.8. The van der Waals surface area contributed by atoms with Crippen LogP contribution in [-0.4, -0.2) is 18.3 Å². The zero-order chi connectivity index (χ0) is 14.9. The molecule has 21 heavy (non-hydrogen) atoms. The Labute approximate surface area is 123 Å². The van der Waals surface area contributed by atoms with Crippen LogP contribution in [0.4, 0.5) is 10.1 Å². The van der Waals surface area contributed by atoms with Crippen molar-refractivity contribution in [2.45, 2.75) is 12.5 Å². The summed E-state index contributed by atoms with van der Waals surface area (Å²) in [6.45, 7) is 2.42. The average molecular weight is 287 g/mol. The van der Waals surface area contributed by atoms with Crippen LogP contribution in [0.2, 0.25) is 0 Å². The summed E-state index contributed by atoms with van der Waals surface area (Å²) in [4.78, 5) is 0. The van der Waals surface area contributed by atoms with Crippen LogP contribution in [0.5, 0.6) is 5.75 Å². The quantitative estimate of drug-likeness (QED) is 0.911. The smallest absolute Gasteiger partial charge is 0.125 e. The normalized spacial score (nSPS) is 24.0. The molecule has 0 saturated heterocycles. The number of rotatable bonds is 3. The van der Waals surface area contributed by atoms with Gasteiger partial charge in [-0.1, -0.05) is 31.2 Å². The zero-order valence-corrected chi connectivity index (χ0v) is 11.8. The van der Waals surface area contributed by atoms with Crippen molar-refractivity contribution in [3.05, 3.63) is 59.9 Å². The van der Waals surface area contributed by atoms with Crippen LogP contribution < -0.4 is 10.1 Å². The highest BCUT2D eigenvalue weighted by atomic mass is 19.1. The number of anilines is 1. The fourth-order valence-corrected chi connectivity index (χ4v) is 2.88. The lowest BCUT2D eigenvalue weighted by Crippen LogP contribution is -2.49. The van der Waals surface area contributed by atoms with Gasteiger partial charge in [-0.15, -0.1) is 0 Å². The molecule has 0 spiro atoms. The minimum absolute atomic E-state index is 0.0423. The Kier molecular flexibility index (Phi) is 3.55. The van der Waals surface area contributed by atoms with Crippen LogP contribution in [0.1, 0.15) is 12.5 Å². The van der Waals surface area contributed by atoms with E-state index in [1.54, 1.807) is 12.1 Å². The number of benzene rings is 2. The Hall–Kier alpha value is -2.07. The van der Waals surface area contributed by atoms with Gasteiger partial charge >= 0.3 is 0 Å². The number of fused-ring (bicyclic) bond motifs is 1. The van der Waals surface area contributed by atoms with Crippen molar-refractivity contribution in [1.29, 1.82) is 0 Å². The predicted octanol–water partition coefficient (Wildman–Crippen LogP) is 3.15. The monoisotopic (exact) mass is 287 g/mol. The first-order valence-electron chi connectivity index (χ1n) is 7.02. The maximum absolute atomic E-state index is 13.4. The van der Waals surface area contributed by atoms with Gasteiger partial charge in [-0.25, -0.2) is 4.39 Å². The molecule has 2 atom stereocenters. The first-order valence-corrected chi connectivity index (χ1v) is 7.02. The Bertz CT molecular complexity index is 646. The molecule has 2 aromatic rings. The van der Waals surface area contributed by atoms with Crippen molar-refractivity contribution < 1.29 is 14.2 Å². The molecular formula is C17H18FNO2. The third kappa shape index (κ3) is 2.36. The van der Waals surface area contributed by atoms with Crippen molar-refractivity contribution in [1.82, 2.24) is 0 Å². The highest BCUT2D eigenvalue weighted by molar-refractivity contribution is 5.52. The number of para-hydroxylation sites is 1. The van der Waals surface area contributed by atoms with Crippen molar-refractivity contribution in [3.8, 4) is 5.75 Å². The highest BCUT2D eigenvalue weighted by Crippen LogP contribution is 2.42. The number of hydrogen-bond acceptors (Lipinski definition) is 3. The molecule has 0 aliphatic carbocycles. The average Bonchev–Trinajstić information content (AvgIpc) is 2.50. The van der Waals surface area contributed by atoms with Crippen LogP contribution in [0.15, 0.2) is 48.5 Å². The molecule has 0 saturated carbocycles. The molecule has 1 aliphatic rings. The lowest BCUT2D eigenvalue weighted by atomic mass is 9.77. The fourth-order valence-electron chi connectivity index (χ4n) is 2.88. The van der Waals surface area contributed by atoms with E-state index >= 15 is 0 Å². The maximum atomic E-state index is 13.4. The van der Waals surface area contributed by atoms with Gasteiger partial charge in [-0.05, 0) is 24.3 Å². The number of ether oxygens (including phenoxy) is 1. The summed E-state index contributed by atoms with van der Waals surface area (Å²) < 4.78 is 19.1. The SMILES string of the molecule is CC1COc2ccccc2C1(CO)Nc1cccc(F)c1. The van der Waals surface area contributed by atoms with Gasteiger partial charge in [0, 0.05) is 17.2 Å². The molecule has 0 bridgehead atoms. The van der Waals surface area contributed by atoms with E-state index in [1.165, 1.54) is 12.1 Å². The molecule has 1 heterocycles. The molecule has 0 aromatic heterocycles. The molecule has 0 fully saturated rings. The van der Waals surface area contributed by atoms with E-state index in [4.69, 9.17) is 4.74 Å². The number of aliphatic hydroxyl groups excluding tert-OH is 1. The van der Waals surface area contributed by atoms with Crippen molar-refractivity contribution in [2.24, 2.45) is 5.92 Å². The molecule has 4 heteroatoms. The number of hydrogen-bond donors (Lipinski definition) is 2. The second-order valence-electron chi connectivity index (χ2n) is 5.47. The molecule has 3 rings (SSSR count). The van der Waals surface area contributed by atoms with Gasteiger partial charge in [0.05, 0.1) is 18.8 Å². The van der Waals surface area contributed by atoms with Crippen LogP contribution in [0.3, 0.4) is 0 Å². The Morgan fingerprint density at radius 2 is 2.10 bits per heavy atom. The molecule has 1 aliphatic heterocycles. The second-order valence-corrected chi connectivity index (χ2v) is 5.47. The fraction of sp³-hybridized carbons (Fsp3) is 0.294. The number of halogens is 1. The molecule has 2 unspecified atom stereocenters. The summed E-state index contributed by atoms with van der Waals surface area (Å²) in [6.07, 6.45) is 0. The lowest BCUT2D eigenvalue weighted by molar-refractivity contribution is 0.0995. The van der Waals surface area contributed by atoms with Crippen molar-refractivity contribution in [2.75, 3.05) is 18.5 Å².